The molecule has 0 aromatic carbocycles. The van der Waals surface area contributed by atoms with Gasteiger partial charge in [-0.05, 0) is 18.9 Å². The van der Waals surface area contributed by atoms with E-state index >= 15 is 0 Å². The molecule has 3 rings (SSSR count). The van der Waals surface area contributed by atoms with Gasteiger partial charge < -0.3 is 10.2 Å². The van der Waals surface area contributed by atoms with Crippen LogP contribution in [0.15, 0.2) is 17.3 Å². The van der Waals surface area contributed by atoms with Gasteiger partial charge in [-0.2, -0.15) is 5.10 Å². The van der Waals surface area contributed by atoms with Crippen molar-refractivity contribution >= 4 is 5.96 Å². The molecule has 0 radical (unpaired) electrons. The maximum Gasteiger partial charge on any atom is 0.194 e. The highest BCUT2D eigenvalue weighted by atomic mass is 15.3. The quantitative estimate of drug-likeness (QED) is 0.878. The first-order valence-electron chi connectivity index (χ1n) is 6.86. The Kier molecular flexibility index (Phi) is 3.21. The van der Waals surface area contributed by atoms with E-state index < -0.39 is 0 Å². The van der Waals surface area contributed by atoms with Gasteiger partial charge in [0.25, 0.3) is 0 Å². The Labute approximate surface area is 108 Å². The van der Waals surface area contributed by atoms with Gasteiger partial charge in [0.15, 0.2) is 5.96 Å². The molecule has 1 aliphatic carbocycles. The Morgan fingerprint density at radius 3 is 2.94 bits per heavy atom. The minimum atomic E-state index is 0.630. The Morgan fingerprint density at radius 2 is 2.22 bits per heavy atom. The van der Waals surface area contributed by atoms with Crippen LogP contribution in [0.3, 0.4) is 0 Å². The number of likely N-dealkylation sites (N-methyl/N-ethyl adjacent to an activating group) is 1. The number of nitrogens with one attached hydrogen (secondary N) is 1. The second-order valence-electron chi connectivity index (χ2n) is 5.21. The molecule has 1 aromatic rings. The lowest BCUT2D eigenvalue weighted by Crippen LogP contribution is -2.35. The van der Waals surface area contributed by atoms with Gasteiger partial charge in [-0.1, -0.05) is 12.8 Å². The molecule has 0 unspecified atom stereocenters. The highest BCUT2D eigenvalue weighted by Gasteiger charge is 2.18. The predicted molar refractivity (Wildman–Crippen MR) is 71.5 cm³/mol. The third-order valence-electron chi connectivity index (χ3n) is 3.85. The van der Waals surface area contributed by atoms with E-state index in [-0.39, 0.29) is 0 Å². The van der Waals surface area contributed by atoms with Crippen LogP contribution >= 0.6 is 0 Å². The zero-order valence-corrected chi connectivity index (χ0v) is 11.0. The largest absolute Gasteiger partial charge is 0.351 e. The van der Waals surface area contributed by atoms with Gasteiger partial charge in [0.05, 0.1) is 24.8 Å². The zero-order valence-electron chi connectivity index (χ0n) is 11.0. The van der Waals surface area contributed by atoms with E-state index in [1.165, 1.54) is 25.7 Å². The molecule has 5 nitrogen and oxygen atoms in total. The van der Waals surface area contributed by atoms with Gasteiger partial charge in [-0.15, -0.1) is 0 Å². The molecule has 0 atom stereocenters. The van der Waals surface area contributed by atoms with Crippen molar-refractivity contribution in [3.8, 4) is 0 Å². The fraction of sp³-hybridized carbons (Fsp3) is 0.692. The molecule has 1 fully saturated rings. The van der Waals surface area contributed by atoms with Crippen molar-refractivity contribution in [2.24, 2.45) is 4.99 Å². The molecule has 5 heteroatoms. The first-order chi connectivity index (χ1) is 8.83. The van der Waals surface area contributed by atoms with E-state index in [0.717, 1.165) is 31.3 Å². The van der Waals surface area contributed by atoms with Crippen LogP contribution in [-0.2, 0) is 6.54 Å². The molecule has 1 saturated carbocycles. The topological polar surface area (TPSA) is 45.5 Å². The van der Waals surface area contributed by atoms with Crippen LogP contribution in [0, 0.1) is 0 Å². The average molecular weight is 247 g/mol. The standard InChI is InChI=1S/C13H21N5/c1-17-9-7-14-13(17)15-10-11-6-8-18(16-11)12-4-2-3-5-12/h6,8,12H,2-5,7,9-10H2,1H3,(H,14,15). The fourth-order valence-electron chi connectivity index (χ4n) is 2.74. The normalized spacial score (nSPS) is 20.5. The summed E-state index contributed by atoms with van der Waals surface area (Å²) in [7, 11) is 2.07. The van der Waals surface area contributed by atoms with Gasteiger partial charge >= 0.3 is 0 Å². The molecule has 1 N–H and O–H groups in total. The summed E-state index contributed by atoms with van der Waals surface area (Å²) in [5.74, 6) is 0.991. The van der Waals surface area contributed by atoms with Crippen LogP contribution in [0.5, 0.6) is 0 Å². The minimum absolute atomic E-state index is 0.630. The van der Waals surface area contributed by atoms with Gasteiger partial charge in [0.2, 0.25) is 0 Å². The average Bonchev–Trinajstić information content (AvgIpc) is 3.08. The molecule has 0 bridgehead atoms. The smallest absolute Gasteiger partial charge is 0.194 e. The first kappa shape index (κ1) is 11.6. The Hall–Kier alpha value is -1.52. The van der Waals surface area contributed by atoms with Crippen molar-refractivity contribution in [3.05, 3.63) is 18.0 Å². The second-order valence-corrected chi connectivity index (χ2v) is 5.21. The molecule has 0 saturated heterocycles. The summed E-state index contributed by atoms with van der Waals surface area (Å²) in [4.78, 5) is 6.56. The predicted octanol–water partition coefficient (Wildman–Crippen LogP) is 1.39. The summed E-state index contributed by atoms with van der Waals surface area (Å²) in [6, 6.07) is 2.74. The van der Waals surface area contributed by atoms with E-state index in [9.17, 15) is 0 Å². The minimum Gasteiger partial charge on any atom is -0.351 e. The SMILES string of the molecule is CN1CCN=C1NCc1ccn(C2CCCC2)n1. The van der Waals surface area contributed by atoms with E-state index in [1.54, 1.807) is 0 Å². The van der Waals surface area contributed by atoms with E-state index in [0.29, 0.717) is 6.04 Å². The highest BCUT2D eigenvalue weighted by molar-refractivity contribution is 5.81. The molecular weight excluding hydrogens is 226 g/mol. The Morgan fingerprint density at radius 1 is 1.39 bits per heavy atom. The third-order valence-corrected chi connectivity index (χ3v) is 3.85. The fourth-order valence-corrected chi connectivity index (χ4v) is 2.74. The molecular formula is C13H21N5. The van der Waals surface area contributed by atoms with Crippen LogP contribution in [-0.4, -0.2) is 40.8 Å². The van der Waals surface area contributed by atoms with Crippen molar-refractivity contribution in [1.29, 1.82) is 0 Å². The molecule has 0 spiro atoms. The van der Waals surface area contributed by atoms with Gasteiger partial charge in [0, 0.05) is 19.8 Å². The maximum absolute atomic E-state index is 4.66. The lowest BCUT2D eigenvalue weighted by Gasteiger charge is -2.14. The van der Waals surface area contributed by atoms with Crippen LogP contribution in [0.2, 0.25) is 0 Å². The first-order valence-corrected chi connectivity index (χ1v) is 6.86. The summed E-state index contributed by atoms with van der Waals surface area (Å²) in [5.41, 5.74) is 1.10. The zero-order chi connectivity index (χ0) is 12.4. The molecule has 0 amide bonds. The van der Waals surface area contributed by atoms with Crippen LogP contribution < -0.4 is 5.32 Å². The number of guanidine groups is 1. The monoisotopic (exact) mass is 247 g/mol. The molecule has 2 aliphatic rings. The Bertz CT molecular complexity index is 430. The van der Waals surface area contributed by atoms with Crippen molar-refractivity contribution in [3.63, 3.8) is 0 Å². The summed E-state index contributed by atoms with van der Waals surface area (Å²) < 4.78 is 2.14. The number of nitrogens with zero attached hydrogens (tertiary/aromatic N) is 4. The summed E-state index contributed by atoms with van der Waals surface area (Å²) in [6.45, 7) is 2.68. The number of aliphatic imine (C=N–C) groups is 1. The van der Waals surface area contributed by atoms with E-state index in [2.05, 4.69) is 44.3 Å². The second kappa shape index (κ2) is 5.00. The van der Waals surface area contributed by atoms with Crippen LogP contribution in [0.25, 0.3) is 0 Å². The Balaban J connectivity index is 1.56. The van der Waals surface area contributed by atoms with Crippen molar-refractivity contribution in [2.75, 3.05) is 20.1 Å². The van der Waals surface area contributed by atoms with Crippen molar-refractivity contribution < 1.29 is 0 Å². The maximum atomic E-state index is 4.66. The number of aromatic nitrogens is 2. The summed E-state index contributed by atoms with van der Waals surface area (Å²) >= 11 is 0. The van der Waals surface area contributed by atoms with Crippen LogP contribution in [0.1, 0.15) is 37.4 Å². The number of hydrogen-bond acceptors (Lipinski definition) is 4. The van der Waals surface area contributed by atoms with Gasteiger partial charge in [0.1, 0.15) is 0 Å². The molecule has 98 valence electrons. The van der Waals surface area contributed by atoms with Crippen LogP contribution in [0.4, 0.5) is 0 Å². The molecule has 1 aliphatic heterocycles. The summed E-state index contributed by atoms with van der Waals surface area (Å²) in [5, 5.41) is 8.01. The van der Waals surface area contributed by atoms with E-state index in [4.69, 9.17) is 0 Å². The lowest BCUT2D eigenvalue weighted by atomic mass is 10.3. The summed E-state index contributed by atoms with van der Waals surface area (Å²) in [6.07, 6.45) is 7.38. The van der Waals surface area contributed by atoms with Crippen molar-refractivity contribution in [1.82, 2.24) is 20.0 Å². The molecule has 2 heterocycles. The van der Waals surface area contributed by atoms with Gasteiger partial charge in [-0.25, -0.2) is 0 Å². The number of rotatable bonds is 3. The highest BCUT2D eigenvalue weighted by Crippen LogP contribution is 2.28. The number of hydrogen-bond donors (Lipinski definition) is 1. The molecule has 18 heavy (non-hydrogen) atoms. The third kappa shape index (κ3) is 2.35. The van der Waals surface area contributed by atoms with Gasteiger partial charge in [-0.3, -0.25) is 9.67 Å². The van der Waals surface area contributed by atoms with E-state index in [1.807, 2.05) is 0 Å². The molecule has 1 aromatic heterocycles. The lowest BCUT2D eigenvalue weighted by molar-refractivity contribution is 0.461. The van der Waals surface area contributed by atoms with Crippen molar-refractivity contribution in [2.45, 2.75) is 38.3 Å².